The van der Waals surface area contributed by atoms with Gasteiger partial charge in [-0.3, -0.25) is 9.69 Å². The molecular formula is C13H24N2O5. The first-order chi connectivity index (χ1) is 9.27. The number of hydrogen-bond donors (Lipinski definition) is 0. The van der Waals surface area contributed by atoms with Gasteiger partial charge in [-0.15, -0.1) is 0 Å². The highest BCUT2D eigenvalue weighted by molar-refractivity contribution is 5.89. The summed E-state index contributed by atoms with van der Waals surface area (Å²) in [5.41, 5.74) is 0. The van der Waals surface area contributed by atoms with Crippen molar-refractivity contribution in [2.24, 2.45) is 0 Å². The molecule has 2 unspecified atom stereocenters. The molecule has 0 aromatic carbocycles. The van der Waals surface area contributed by atoms with Crippen molar-refractivity contribution in [3.05, 3.63) is 0 Å². The van der Waals surface area contributed by atoms with E-state index in [0.29, 0.717) is 0 Å². The standard InChI is InChI=1S/C13H24N2O5/c1-7-19-12(17)10(4)14(5)11(16)9(3)15(6)13(18)20-8-2/h9-10H,7-8H2,1-6H3. The molecular weight excluding hydrogens is 264 g/mol. The fourth-order valence-electron chi connectivity index (χ4n) is 1.46. The molecule has 0 aliphatic carbocycles. The molecule has 7 nitrogen and oxygen atoms in total. The second kappa shape index (κ2) is 8.39. The molecule has 0 aromatic rings. The molecule has 2 amide bonds. The summed E-state index contributed by atoms with van der Waals surface area (Å²) >= 11 is 0. The Morgan fingerprint density at radius 1 is 0.900 bits per heavy atom. The van der Waals surface area contributed by atoms with Crippen LogP contribution in [0.25, 0.3) is 0 Å². The van der Waals surface area contributed by atoms with Gasteiger partial charge in [-0.25, -0.2) is 9.59 Å². The molecule has 0 aromatic heterocycles. The molecule has 116 valence electrons. The van der Waals surface area contributed by atoms with Crippen molar-refractivity contribution in [2.45, 2.75) is 39.8 Å². The largest absolute Gasteiger partial charge is 0.464 e. The SMILES string of the molecule is CCOC(=O)C(C)N(C)C(=O)C(C)N(C)C(=O)OCC. The molecule has 0 bridgehead atoms. The maximum atomic E-state index is 12.2. The molecule has 0 spiro atoms. The average Bonchev–Trinajstić information content (AvgIpc) is 2.43. The van der Waals surface area contributed by atoms with Gasteiger partial charge >= 0.3 is 12.1 Å². The molecule has 0 aliphatic heterocycles. The second-order valence-corrected chi connectivity index (χ2v) is 4.36. The highest BCUT2D eigenvalue weighted by Crippen LogP contribution is 2.07. The van der Waals surface area contributed by atoms with Gasteiger partial charge in [-0.2, -0.15) is 0 Å². The van der Waals surface area contributed by atoms with E-state index in [1.807, 2.05) is 0 Å². The van der Waals surface area contributed by atoms with Crippen molar-refractivity contribution in [3.8, 4) is 0 Å². The van der Waals surface area contributed by atoms with E-state index in [1.54, 1.807) is 27.7 Å². The maximum absolute atomic E-state index is 12.2. The fourth-order valence-corrected chi connectivity index (χ4v) is 1.46. The summed E-state index contributed by atoms with van der Waals surface area (Å²) in [6, 6.07) is -1.43. The van der Waals surface area contributed by atoms with Crippen molar-refractivity contribution in [2.75, 3.05) is 27.3 Å². The summed E-state index contributed by atoms with van der Waals surface area (Å²) in [4.78, 5) is 37.8. The van der Waals surface area contributed by atoms with Gasteiger partial charge in [0.1, 0.15) is 12.1 Å². The Hall–Kier alpha value is -1.79. The monoisotopic (exact) mass is 288 g/mol. The van der Waals surface area contributed by atoms with Crippen molar-refractivity contribution in [1.29, 1.82) is 0 Å². The van der Waals surface area contributed by atoms with Gasteiger partial charge in [0.15, 0.2) is 0 Å². The van der Waals surface area contributed by atoms with Gasteiger partial charge in [-0.05, 0) is 27.7 Å². The molecule has 0 fully saturated rings. The van der Waals surface area contributed by atoms with E-state index in [4.69, 9.17) is 9.47 Å². The summed E-state index contributed by atoms with van der Waals surface area (Å²) in [7, 11) is 2.98. The predicted octanol–water partition coefficient (Wildman–Crippen LogP) is 0.873. The minimum absolute atomic E-state index is 0.235. The third-order valence-corrected chi connectivity index (χ3v) is 3.05. The number of nitrogens with zero attached hydrogens (tertiary/aromatic N) is 2. The zero-order valence-electron chi connectivity index (χ0n) is 13.0. The number of ether oxygens (including phenoxy) is 2. The summed E-state index contributed by atoms with van der Waals surface area (Å²) < 4.78 is 9.69. The Kier molecular flexibility index (Phi) is 7.64. The van der Waals surface area contributed by atoms with Gasteiger partial charge in [0.2, 0.25) is 5.91 Å². The van der Waals surface area contributed by atoms with Crippen LogP contribution in [0.1, 0.15) is 27.7 Å². The van der Waals surface area contributed by atoms with E-state index in [9.17, 15) is 14.4 Å². The molecule has 0 rings (SSSR count). The van der Waals surface area contributed by atoms with Crippen molar-refractivity contribution < 1.29 is 23.9 Å². The van der Waals surface area contributed by atoms with E-state index in [1.165, 1.54) is 23.9 Å². The van der Waals surface area contributed by atoms with E-state index < -0.39 is 24.1 Å². The molecule has 2 atom stereocenters. The van der Waals surface area contributed by atoms with E-state index in [2.05, 4.69) is 0 Å². The third-order valence-electron chi connectivity index (χ3n) is 3.05. The summed E-state index contributed by atoms with van der Waals surface area (Å²) in [5.74, 6) is -0.838. The molecule has 0 saturated heterocycles. The number of amides is 2. The number of hydrogen-bond acceptors (Lipinski definition) is 5. The lowest BCUT2D eigenvalue weighted by atomic mass is 10.2. The predicted molar refractivity (Wildman–Crippen MR) is 73.1 cm³/mol. The summed E-state index contributed by atoms with van der Waals surface area (Å²) in [6.45, 7) is 7.03. The first-order valence-electron chi connectivity index (χ1n) is 6.60. The second-order valence-electron chi connectivity index (χ2n) is 4.36. The van der Waals surface area contributed by atoms with Crippen LogP contribution in [0.4, 0.5) is 4.79 Å². The third kappa shape index (κ3) is 4.71. The topological polar surface area (TPSA) is 76.2 Å². The normalized spacial score (nSPS) is 13.1. The van der Waals surface area contributed by atoms with Crippen LogP contribution >= 0.6 is 0 Å². The minimum atomic E-state index is -0.726. The van der Waals surface area contributed by atoms with Gasteiger partial charge in [-0.1, -0.05) is 0 Å². The van der Waals surface area contributed by atoms with Crippen LogP contribution in [0, 0.1) is 0 Å². The maximum Gasteiger partial charge on any atom is 0.410 e. The number of carbonyl (C=O) groups is 3. The zero-order valence-corrected chi connectivity index (χ0v) is 13.0. The number of carbonyl (C=O) groups excluding carboxylic acids is 3. The molecule has 20 heavy (non-hydrogen) atoms. The quantitative estimate of drug-likeness (QED) is 0.678. The van der Waals surface area contributed by atoms with Gasteiger partial charge in [0, 0.05) is 14.1 Å². The lowest BCUT2D eigenvalue weighted by Crippen LogP contribution is -2.51. The number of rotatable bonds is 6. The zero-order chi connectivity index (χ0) is 15.9. The molecule has 0 aliphatic rings. The Labute approximate surface area is 119 Å². The lowest BCUT2D eigenvalue weighted by Gasteiger charge is -2.30. The van der Waals surface area contributed by atoms with Crippen molar-refractivity contribution >= 4 is 18.0 Å². The van der Waals surface area contributed by atoms with Crippen LogP contribution in [-0.4, -0.2) is 67.2 Å². The molecule has 0 heterocycles. The van der Waals surface area contributed by atoms with Crippen LogP contribution in [0.15, 0.2) is 0 Å². The Balaban J connectivity index is 4.71. The Bertz CT molecular complexity index is 327. The van der Waals surface area contributed by atoms with Gasteiger partial charge in [0.05, 0.1) is 13.2 Å². The van der Waals surface area contributed by atoms with Crippen LogP contribution in [-0.2, 0) is 19.1 Å². The first-order valence-corrected chi connectivity index (χ1v) is 6.60. The Morgan fingerprint density at radius 3 is 1.85 bits per heavy atom. The highest BCUT2D eigenvalue weighted by atomic mass is 16.6. The summed E-state index contributed by atoms with van der Waals surface area (Å²) in [5, 5.41) is 0. The highest BCUT2D eigenvalue weighted by Gasteiger charge is 2.30. The van der Waals surface area contributed by atoms with Crippen LogP contribution in [0.2, 0.25) is 0 Å². The van der Waals surface area contributed by atoms with Crippen molar-refractivity contribution in [3.63, 3.8) is 0 Å². The minimum Gasteiger partial charge on any atom is -0.464 e. The molecule has 0 N–H and O–H groups in total. The fraction of sp³-hybridized carbons (Fsp3) is 0.769. The molecule has 0 radical (unpaired) electrons. The van der Waals surface area contributed by atoms with Crippen LogP contribution < -0.4 is 0 Å². The number of esters is 1. The van der Waals surface area contributed by atoms with E-state index in [-0.39, 0.29) is 19.1 Å². The molecule has 0 saturated carbocycles. The summed E-state index contributed by atoms with van der Waals surface area (Å²) in [6.07, 6.45) is -0.578. The smallest absolute Gasteiger partial charge is 0.410 e. The van der Waals surface area contributed by atoms with Gasteiger partial charge in [0.25, 0.3) is 0 Å². The number of likely N-dealkylation sites (N-methyl/N-ethyl adjacent to an activating group) is 2. The van der Waals surface area contributed by atoms with Crippen LogP contribution in [0.3, 0.4) is 0 Å². The molecule has 7 heteroatoms. The van der Waals surface area contributed by atoms with Crippen LogP contribution in [0.5, 0.6) is 0 Å². The first kappa shape index (κ1) is 18.2. The van der Waals surface area contributed by atoms with E-state index in [0.717, 1.165) is 0 Å². The van der Waals surface area contributed by atoms with Crippen molar-refractivity contribution in [1.82, 2.24) is 9.80 Å². The van der Waals surface area contributed by atoms with E-state index >= 15 is 0 Å². The van der Waals surface area contributed by atoms with Gasteiger partial charge < -0.3 is 14.4 Å². The average molecular weight is 288 g/mol. The Morgan fingerprint density at radius 2 is 1.40 bits per heavy atom. The lowest BCUT2D eigenvalue weighted by molar-refractivity contribution is -0.154.